The molecule has 150 valence electrons. The van der Waals surface area contributed by atoms with E-state index in [2.05, 4.69) is 46.0 Å². The molecule has 1 aliphatic carbocycles. The van der Waals surface area contributed by atoms with Crippen LogP contribution in [0, 0.1) is 0 Å². The molecule has 1 aromatic rings. The van der Waals surface area contributed by atoms with Gasteiger partial charge in [0.1, 0.15) is 6.54 Å². The molecule has 0 heterocycles. The molecule has 0 spiro atoms. The Labute approximate surface area is 163 Å². The van der Waals surface area contributed by atoms with Gasteiger partial charge < -0.3 is 20.3 Å². The number of amides is 1. The molecular weight excluding hydrogens is 340 g/mol. The first kappa shape index (κ1) is 21.2. The van der Waals surface area contributed by atoms with Crippen molar-refractivity contribution in [2.24, 2.45) is 4.99 Å². The summed E-state index contributed by atoms with van der Waals surface area (Å²) in [6.07, 6.45) is 4.51. The molecule has 0 aromatic heterocycles. The summed E-state index contributed by atoms with van der Waals surface area (Å²) in [6.45, 7) is 5.19. The third kappa shape index (κ3) is 6.54. The molecule has 6 heteroatoms. The first-order valence-electron chi connectivity index (χ1n) is 9.93. The Balaban J connectivity index is 1.95. The van der Waals surface area contributed by atoms with Crippen LogP contribution in [0.4, 0.5) is 0 Å². The maximum atomic E-state index is 11.9. The molecule has 0 radical (unpaired) electrons. The number of rotatable bonds is 10. The van der Waals surface area contributed by atoms with Crippen LogP contribution in [-0.4, -0.2) is 63.7 Å². The number of nitrogens with one attached hydrogen (secondary N) is 2. The minimum atomic E-state index is -0.00756. The van der Waals surface area contributed by atoms with E-state index < -0.39 is 0 Å². The normalized spacial score (nSPS) is 15.7. The Bertz CT molecular complexity index is 597. The lowest BCUT2D eigenvalue weighted by molar-refractivity contribution is -0.127. The lowest BCUT2D eigenvalue weighted by Crippen LogP contribution is -2.49. The topological polar surface area (TPSA) is 66.0 Å². The summed E-state index contributed by atoms with van der Waals surface area (Å²) in [6, 6.07) is 10.7. The molecule has 0 bridgehead atoms. The molecule has 27 heavy (non-hydrogen) atoms. The first-order valence-corrected chi connectivity index (χ1v) is 9.93. The molecule has 6 nitrogen and oxygen atoms in total. The summed E-state index contributed by atoms with van der Waals surface area (Å²) in [5.74, 6) is 0.690. The van der Waals surface area contributed by atoms with Gasteiger partial charge in [0.2, 0.25) is 5.91 Å². The number of benzene rings is 1. The van der Waals surface area contributed by atoms with Crippen LogP contribution in [0.15, 0.2) is 35.3 Å². The molecule has 1 fully saturated rings. The number of carbonyl (C=O) groups excluding carboxylic acids is 1. The lowest BCUT2D eigenvalue weighted by Gasteiger charge is -2.43. The highest BCUT2D eigenvalue weighted by Crippen LogP contribution is 2.43. The number of carbonyl (C=O) groups is 1. The van der Waals surface area contributed by atoms with E-state index in [0.717, 1.165) is 32.7 Å². The van der Waals surface area contributed by atoms with E-state index in [0.29, 0.717) is 5.96 Å². The predicted molar refractivity (Wildman–Crippen MR) is 110 cm³/mol. The minimum Gasteiger partial charge on any atom is -0.382 e. The Kier molecular flexibility index (Phi) is 8.58. The van der Waals surface area contributed by atoms with Crippen LogP contribution >= 0.6 is 0 Å². The van der Waals surface area contributed by atoms with Gasteiger partial charge in [-0.3, -0.25) is 4.79 Å². The molecule has 0 aliphatic heterocycles. The average molecular weight is 375 g/mol. The van der Waals surface area contributed by atoms with Gasteiger partial charge in [-0.05, 0) is 31.7 Å². The Hall–Kier alpha value is -2.08. The molecular formula is C21H34N4O2. The van der Waals surface area contributed by atoms with Gasteiger partial charge in [-0.1, -0.05) is 36.8 Å². The van der Waals surface area contributed by atoms with Crippen molar-refractivity contribution in [1.82, 2.24) is 15.5 Å². The summed E-state index contributed by atoms with van der Waals surface area (Å²) < 4.78 is 5.38. The minimum absolute atomic E-state index is 0.00756. The Morgan fingerprint density at radius 2 is 1.96 bits per heavy atom. The third-order valence-electron chi connectivity index (χ3n) is 5.12. The Morgan fingerprint density at radius 3 is 2.56 bits per heavy atom. The van der Waals surface area contributed by atoms with Crippen LogP contribution in [0.2, 0.25) is 0 Å². The number of aliphatic imine (C=N–C) groups is 1. The maximum Gasteiger partial charge on any atom is 0.243 e. The van der Waals surface area contributed by atoms with Crippen LogP contribution in [-0.2, 0) is 14.9 Å². The fourth-order valence-corrected chi connectivity index (χ4v) is 3.20. The summed E-state index contributed by atoms with van der Waals surface area (Å²) in [7, 11) is 3.50. The van der Waals surface area contributed by atoms with E-state index in [-0.39, 0.29) is 17.9 Å². The van der Waals surface area contributed by atoms with Crippen molar-refractivity contribution >= 4 is 11.9 Å². The van der Waals surface area contributed by atoms with Gasteiger partial charge in [-0.25, -0.2) is 4.99 Å². The SMILES string of the molecule is CCOCCCNC(=NCC(=O)N(C)C)NCC1(c2ccccc2)CCC1. The first-order chi connectivity index (χ1) is 13.1. The fraction of sp³-hybridized carbons (Fsp3) is 0.619. The van der Waals surface area contributed by atoms with Crippen molar-refractivity contribution in [3.05, 3.63) is 35.9 Å². The van der Waals surface area contributed by atoms with Crippen LogP contribution in [0.1, 0.15) is 38.2 Å². The van der Waals surface area contributed by atoms with E-state index in [9.17, 15) is 4.79 Å². The van der Waals surface area contributed by atoms with Crippen molar-refractivity contribution in [2.75, 3.05) is 46.9 Å². The predicted octanol–water partition coefficient (Wildman–Crippen LogP) is 2.16. The average Bonchev–Trinajstić information content (AvgIpc) is 2.64. The summed E-state index contributed by atoms with van der Waals surface area (Å²) in [5.41, 5.74) is 1.55. The molecule has 2 N–H and O–H groups in total. The van der Waals surface area contributed by atoms with Gasteiger partial charge >= 0.3 is 0 Å². The van der Waals surface area contributed by atoms with E-state index in [1.165, 1.54) is 24.8 Å². The van der Waals surface area contributed by atoms with Gasteiger partial charge in [-0.2, -0.15) is 0 Å². The third-order valence-corrected chi connectivity index (χ3v) is 5.12. The summed E-state index contributed by atoms with van der Waals surface area (Å²) in [5, 5.41) is 6.81. The number of nitrogens with zero attached hydrogens (tertiary/aromatic N) is 2. The maximum absolute atomic E-state index is 11.9. The summed E-state index contributed by atoms with van der Waals surface area (Å²) >= 11 is 0. The summed E-state index contributed by atoms with van der Waals surface area (Å²) in [4.78, 5) is 17.9. The second-order valence-corrected chi connectivity index (χ2v) is 7.28. The highest BCUT2D eigenvalue weighted by Gasteiger charge is 2.38. The van der Waals surface area contributed by atoms with Crippen molar-refractivity contribution in [2.45, 2.75) is 38.0 Å². The number of ether oxygens (including phenoxy) is 1. The van der Waals surface area contributed by atoms with Gasteiger partial charge in [0.25, 0.3) is 0 Å². The molecule has 1 saturated carbocycles. The zero-order chi connectivity index (χ0) is 19.5. The van der Waals surface area contributed by atoms with Gasteiger partial charge in [0.15, 0.2) is 5.96 Å². The van der Waals surface area contributed by atoms with Crippen LogP contribution in [0.3, 0.4) is 0 Å². The lowest BCUT2D eigenvalue weighted by atomic mass is 9.64. The van der Waals surface area contributed by atoms with E-state index in [1.54, 1.807) is 19.0 Å². The zero-order valence-corrected chi connectivity index (χ0v) is 17.0. The highest BCUT2D eigenvalue weighted by molar-refractivity contribution is 5.84. The van der Waals surface area contributed by atoms with Crippen LogP contribution in [0.5, 0.6) is 0 Å². The molecule has 1 aliphatic rings. The molecule has 2 rings (SSSR count). The smallest absolute Gasteiger partial charge is 0.243 e. The van der Waals surface area contributed by atoms with E-state index in [4.69, 9.17) is 4.74 Å². The van der Waals surface area contributed by atoms with Gasteiger partial charge in [0, 0.05) is 45.8 Å². The number of likely N-dealkylation sites (N-methyl/N-ethyl adjacent to an activating group) is 1. The largest absolute Gasteiger partial charge is 0.382 e. The van der Waals surface area contributed by atoms with Crippen LogP contribution in [0.25, 0.3) is 0 Å². The van der Waals surface area contributed by atoms with Crippen LogP contribution < -0.4 is 10.6 Å². The molecule has 1 aromatic carbocycles. The number of guanidine groups is 1. The van der Waals surface area contributed by atoms with Gasteiger partial charge in [-0.15, -0.1) is 0 Å². The highest BCUT2D eigenvalue weighted by atomic mass is 16.5. The van der Waals surface area contributed by atoms with E-state index >= 15 is 0 Å². The Morgan fingerprint density at radius 1 is 1.22 bits per heavy atom. The molecule has 0 saturated heterocycles. The number of hydrogen-bond acceptors (Lipinski definition) is 3. The number of hydrogen-bond donors (Lipinski definition) is 2. The molecule has 0 unspecified atom stereocenters. The quantitative estimate of drug-likeness (QED) is 0.374. The van der Waals surface area contributed by atoms with Crippen molar-refractivity contribution in [3.63, 3.8) is 0 Å². The molecule has 0 atom stereocenters. The van der Waals surface area contributed by atoms with Crippen molar-refractivity contribution in [1.29, 1.82) is 0 Å². The zero-order valence-electron chi connectivity index (χ0n) is 17.0. The standard InChI is InChI=1S/C21H34N4O2/c1-4-27-15-9-14-22-20(23-16-19(26)25(2)3)24-17-21(12-8-13-21)18-10-6-5-7-11-18/h5-7,10-11H,4,8-9,12-17H2,1-3H3,(H2,22,23,24). The van der Waals surface area contributed by atoms with Crippen molar-refractivity contribution < 1.29 is 9.53 Å². The second-order valence-electron chi connectivity index (χ2n) is 7.28. The van der Waals surface area contributed by atoms with E-state index in [1.807, 2.05) is 6.92 Å². The fourth-order valence-electron chi connectivity index (χ4n) is 3.20. The van der Waals surface area contributed by atoms with Crippen molar-refractivity contribution in [3.8, 4) is 0 Å². The molecule has 1 amide bonds. The monoisotopic (exact) mass is 374 g/mol. The van der Waals surface area contributed by atoms with Gasteiger partial charge in [0.05, 0.1) is 0 Å². The second kappa shape index (κ2) is 10.9.